The van der Waals surface area contributed by atoms with Gasteiger partial charge in [-0.15, -0.1) is 0 Å². The van der Waals surface area contributed by atoms with Crippen LogP contribution in [0.4, 0.5) is 0 Å². The third kappa shape index (κ3) is 3.66. The maximum Gasteiger partial charge on any atom is 0.341 e. The fourth-order valence-corrected chi connectivity index (χ4v) is 3.54. The average Bonchev–Trinajstić information content (AvgIpc) is 3.26. The highest BCUT2D eigenvalue weighted by molar-refractivity contribution is 6.01. The first-order valence-corrected chi connectivity index (χ1v) is 9.28. The van der Waals surface area contributed by atoms with E-state index in [1.54, 1.807) is 19.9 Å². The summed E-state index contributed by atoms with van der Waals surface area (Å²) in [5, 5.41) is 10.7. The van der Waals surface area contributed by atoms with Crippen LogP contribution in [0, 0.1) is 5.92 Å². The molecule has 3 rings (SSSR count). The van der Waals surface area contributed by atoms with Crippen molar-refractivity contribution in [3.63, 3.8) is 0 Å². The number of hydrogen-bond acceptors (Lipinski definition) is 8. The predicted octanol–water partition coefficient (Wildman–Crippen LogP) is 0.221. The maximum absolute atomic E-state index is 12.9. The van der Waals surface area contributed by atoms with Crippen LogP contribution in [0.25, 0.3) is 0 Å². The number of fused-ring (bicyclic) bond motifs is 2. The number of nitrogens with zero attached hydrogens (tertiary/aromatic N) is 1. The van der Waals surface area contributed by atoms with E-state index < -0.39 is 41.3 Å². The van der Waals surface area contributed by atoms with Crippen molar-refractivity contribution < 1.29 is 33.7 Å². The first-order valence-electron chi connectivity index (χ1n) is 9.28. The van der Waals surface area contributed by atoms with Crippen LogP contribution in [0.15, 0.2) is 11.6 Å². The lowest BCUT2D eigenvalue weighted by molar-refractivity contribution is -0.173. The molecular formula is C19H27NO7. The summed E-state index contributed by atoms with van der Waals surface area (Å²) in [6.07, 6.45) is 0.756. The Morgan fingerprint density at radius 2 is 1.89 bits per heavy atom. The molecule has 2 saturated heterocycles. The van der Waals surface area contributed by atoms with E-state index in [0.29, 0.717) is 19.5 Å². The van der Waals surface area contributed by atoms with Crippen molar-refractivity contribution >= 4 is 17.7 Å². The third-order valence-corrected chi connectivity index (χ3v) is 5.95. The van der Waals surface area contributed by atoms with Crippen LogP contribution in [-0.4, -0.2) is 77.9 Å². The molecule has 0 aromatic rings. The largest absolute Gasteiger partial charge is 0.459 e. The number of ketones is 1. The van der Waals surface area contributed by atoms with Gasteiger partial charge in [-0.25, -0.2) is 9.59 Å². The van der Waals surface area contributed by atoms with Crippen LogP contribution in [-0.2, 0) is 28.6 Å². The van der Waals surface area contributed by atoms with Crippen LogP contribution in [0.1, 0.15) is 33.6 Å². The topological polar surface area (TPSA) is 106 Å². The smallest absolute Gasteiger partial charge is 0.341 e. The molecule has 0 aliphatic carbocycles. The van der Waals surface area contributed by atoms with Crippen LogP contribution < -0.4 is 0 Å². The van der Waals surface area contributed by atoms with E-state index in [9.17, 15) is 19.5 Å². The minimum atomic E-state index is -1.82. The zero-order valence-corrected chi connectivity index (χ0v) is 16.2. The van der Waals surface area contributed by atoms with E-state index in [2.05, 4.69) is 0 Å². The molecule has 0 amide bonds. The SMILES string of the molecule is C[C@@H]1C[C@@]2(O[C@H]2C)C(=O)O[C@@H]2CCN(C)CC=C(COC(=O)[C@]1(C)O)C2=O. The highest BCUT2D eigenvalue weighted by atomic mass is 16.7. The zero-order valence-electron chi connectivity index (χ0n) is 16.2. The Labute approximate surface area is 158 Å². The van der Waals surface area contributed by atoms with Gasteiger partial charge in [0.25, 0.3) is 0 Å². The molecule has 8 heteroatoms. The number of epoxide rings is 1. The van der Waals surface area contributed by atoms with Gasteiger partial charge < -0.3 is 24.2 Å². The van der Waals surface area contributed by atoms with Gasteiger partial charge in [-0.3, -0.25) is 4.79 Å². The number of rotatable bonds is 0. The number of aliphatic hydroxyl groups is 1. The van der Waals surface area contributed by atoms with Crippen LogP contribution in [0.3, 0.4) is 0 Å². The van der Waals surface area contributed by atoms with Gasteiger partial charge in [-0.05, 0) is 33.2 Å². The Morgan fingerprint density at radius 3 is 2.52 bits per heavy atom. The molecule has 3 heterocycles. The summed E-state index contributed by atoms with van der Waals surface area (Å²) in [7, 11) is 1.89. The lowest BCUT2D eigenvalue weighted by atomic mass is 9.82. The van der Waals surface area contributed by atoms with Gasteiger partial charge in [0.1, 0.15) is 6.61 Å². The number of esters is 2. The van der Waals surface area contributed by atoms with Gasteiger partial charge in [-0.2, -0.15) is 0 Å². The molecule has 0 unspecified atom stereocenters. The molecule has 2 fully saturated rings. The van der Waals surface area contributed by atoms with Crippen LogP contribution in [0.2, 0.25) is 0 Å². The standard InChI is InChI=1S/C19H27NO7/c1-11-9-19(12(2)27-19)17(23)26-14-6-8-20(4)7-5-13(15(14)21)10-25-16(22)18(11,3)24/h5,11-12,14,24H,6-10H2,1-4H3/t11-,12+,14-,18-,19+/m1/s1. The van der Waals surface area contributed by atoms with E-state index in [-0.39, 0.29) is 24.4 Å². The van der Waals surface area contributed by atoms with Crippen molar-refractivity contribution in [2.45, 2.75) is 57.0 Å². The lowest BCUT2D eigenvalue weighted by Gasteiger charge is -2.32. The van der Waals surface area contributed by atoms with Crippen molar-refractivity contribution in [2.75, 3.05) is 26.7 Å². The van der Waals surface area contributed by atoms with E-state index >= 15 is 0 Å². The molecule has 5 atom stereocenters. The van der Waals surface area contributed by atoms with Crippen molar-refractivity contribution in [3.8, 4) is 0 Å². The molecule has 1 spiro atoms. The molecule has 1 N–H and O–H groups in total. The summed E-state index contributed by atoms with van der Waals surface area (Å²) >= 11 is 0. The maximum atomic E-state index is 12.9. The second-order valence-electron chi connectivity index (χ2n) is 8.02. The van der Waals surface area contributed by atoms with Crippen molar-refractivity contribution in [1.29, 1.82) is 0 Å². The second-order valence-corrected chi connectivity index (χ2v) is 8.02. The van der Waals surface area contributed by atoms with Crippen LogP contribution in [0.5, 0.6) is 0 Å². The van der Waals surface area contributed by atoms with E-state index in [4.69, 9.17) is 14.2 Å². The molecule has 3 aliphatic rings. The second kappa shape index (κ2) is 7.00. The van der Waals surface area contributed by atoms with Gasteiger partial charge >= 0.3 is 11.9 Å². The molecule has 8 nitrogen and oxygen atoms in total. The first kappa shape index (κ1) is 20.0. The Morgan fingerprint density at radius 1 is 1.22 bits per heavy atom. The van der Waals surface area contributed by atoms with Gasteiger partial charge in [0, 0.05) is 25.1 Å². The Bertz CT molecular complexity index is 686. The summed E-state index contributed by atoms with van der Waals surface area (Å²) < 4.78 is 16.4. The fraction of sp³-hybridized carbons (Fsp3) is 0.737. The number of hydrogen-bond donors (Lipinski definition) is 1. The number of Topliss-reactive ketones (excluding diaryl/α,β-unsaturated/α-hetero) is 1. The molecule has 2 bridgehead atoms. The third-order valence-electron chi connectivity index (χ3n) is 5.95. The van der Waals surface area contributed by atoms with Crippen molar-refractivity contribution in [3.05, 3.63) is 11.6 Å². The Kier molecular flexibility index (Phi) is 5.18. The lowest BCUT2D eigenvalue weighted by Crippen LogP contribution is -2.48. The molecule has 27 heavy (non-hydrogen) atoms. The van der Waals surface area contributed by atoms with Crippen molar-refractivity contribution in [1.82, 2.24) is 4.90 Å². The molecule has 0 aromatic carbocycles. The highest BCUT2D eigenvalue weighted by Crippen LogP contribution is 2.45. The van der Waals surface area contributed by atoms with Crippen molar-refractivity contribution in [2.24, 2.45) is 5.92 Å². The normalized spacial score (nSPS) is 41.4. The predicted molar refractivity (Wildman–Crippen MR) is 93.7 cm³/mol. The Balaban J connectivity index is 1.97. The number of ether oxygens (including phenoxy) is 3. The summed E-state index contributed by atoms with van der Waals surface area (Å²) in [5.41, 5.74) is -2.81. The van der Waals surface area contributed by atoms with Gasteiger partial charge in [0.05, 0.1) is 6.10 Å². The van der Waals surface area contributed by atoms with E-state index in [1.807, 2.05) is 11.9 Å². The fourth-order valence-electron chi connectivity index (χ4n) is 3.54. The van der Waals surface area contributed by atoms with Crippen LogP contribution >= 0.6 is 0 Å². The molecule has 0 aromatic heterocycles. The van der Waals surface area contributed by atoms with Gasteiger partial charge in [-0.1, -0.05) is 13.0 Å². The van der Waals surface area contributed by atoms with E-state index in [1.165, 1.54) is 6.92 Å². The highest BCUT2D eigenvalue weighted by Gasteiger charge is 2.63. The van der Waals surface area contributed by atoms with Gasteiger partial charge in [0.2, 0.25) is 5.78 Å². The summed E-state index contributed by atoms with van der Waals surface area (Å²) in [4.78, 5) is 40.2. The summed E-state index contributed by atoms with van der Waals surface area (Å²) in [6.45, 7) is 5.57. The monoisotopic (exact) mass is 381 g/mol. The zero-order chi connectivity index (χ0) is 20.0. The number of carbonyl (C=O) groups excluding carboxylic acids is 3. The minimum Gasteiger partial charge on any atom is -0.459 e. The number of cyclic esters (lactones) is 1. The summed E-state index contributed by atoms with van der Waals surface area (Å²) in [5.74, 6) is -2.43. The number of carbonyl (C=O) groups is 3. The average molecular weight is 381 g/mol. The minimum absolute atomic E-state index is 0.0958. The molecular weight excluding hydrogens is 354 g/mol. The quantitative estimate of drug-likeness (QED) is 0.469. The molecule has 150 valence electrons. The van der Waals surface area contributed by atoms with Gasteiger partial charge in [0.15, 0.2) is 17.3 Å². The number of likely N-dealkylation sites (N-methyl/N-ethyl adjacent to an activating group) is 1. The molecule has 0 radical (unpaired) electrons. The first-order chi connectivity index (χ1) is 12.6. The molecule has 3 aliphatic heterocycles. The van der Waals surface area contributed by atoms with E-state index in [0.717, 1.165) is 0 Å². The molecule has 0 saturated carbocycles. The summed E-state index contributed by atoms with van der Waals surface area (Å²) in [6, 6.07) is 0. The Hall–Kier alpha value is -1.77.